The molecule has 1 unspecified atom stereocenters. The van der Waals surface area contributed by atoms with Gasteiger partial charge in [-0.3, -0.25) is 9.69 Å². The monoisotopic (exact) mass is 553 g/mol. The molecule has 4 heteroatoms. The van der Waals surface area contributed by atoms with Crippen molar-refractivity contribution in [1.82, 2.24) is 0 Å². The molecule has 7 atom stereocenters. The van der Waals surface area contributed by atoms with E-state index in [2.05, 4.69) is 34.6 Å². The third kappa shape index (κ3) is 4.58. The van der Waals surface area contributed by atoms with Gasteiger partial charge in [-0.15, -0.1) is 0 Å². The molecule has 3 aliphatic carbocycles. The fourth-order valence-electron chi connectivity index (χ4n) is 9.39. The summed E-state index contributed by atoms with van der Waals surface area (Å²) < 4.78 is 5.69. The molecule has 3 aromatic rings. The molecule has 41 heavy (non-hydrogen) atoms. The van der Waals surface area contributed by atoms with Crippen LogP contribution in [0.4, 0.5) is 11.4 Å². The van der Waals surface area contributed by atoms with Gasteiger partial charge in [0.2, 0.25) is 0 Å². The van der Waals surface area contributed by atoms with Crippen LogP contribution in [-0.4, -0.2) is 16.6 Å². The molecule has 6 rings (SSSR count). The molecule has 2 aromatic carbocycles. The van der Waals surface area contributed by atoms with Crippen LogP contribution < -0.4 is 4.90 Å². The molecule has 1 aromatic heterocycles. The molecule has 3 fully saturated rings. The van der Waals surface area contributed by atoms with Gasteiger partial charge in [-0.05, 0) is 110 Å². The Morgan fingerprint density at radius 1 is 0.829 bits per heavy atom. The van der Waals surface area contributed by atoms with E-state index in [1.165, 1.54) is 12.8 Å². The van der Waals surface area contributed by atoms with E-state index >= 15 is 4.79 Å². The maximum absolute atomic E-state index is 15.1. The van der Waals surface area contributed by atoms with Crippen molar-refractivity contribution in [3.8, 4) is 11.3 Å². The number of carbonyl (C=O) groups is 1. The van der Waals surface area contributed by atoms with Gasteiger partial charge in [0.05, 0.1) is 6.26 Å². The van der Waals surface area contributed by atoms with Crippen LogP contribution >= 0.6 is 0 Å². The number of amides is 1. The van der Waals surface area contributed by atoms with Crippen molar-refractivity contribution in [2.45, 2.75) is 85.2 Å². The smallest absolute Gasteiger partial charge is 0.264 e. The molecule has 1 heterocycles. The van der Waals surface area contributed by atoms with Gasteiger partial charge >= 0.3 is 0 Å². The van der Waals surface area contributed by atoms with Gasteiger partial charge in [-0.2, -0.15) is 0 Å². The number of benzene rings is 2. The molecule has 4 nitrogen and oxygen atoms in total. The van der Waals surface area contributed by atoms with Crippen LogP contribution in [0.5, 0.6) is 0 Å². The SMILES string of the molecule is C[C@@H]1CCC(O)(C(=O)N(c2ccccc2)c2cccc(-c3ccco3)c2)[C@@]2(C)CC[C@H]3[C@H](C)CC[C@@H](C[C@H]12)C3(C)C. The maximum atomic E-state index is 15.1. The summed E-state index contributed by atoms with van der Waals surface area (Å²) in [6.07, 6.45) is 8.63. The Morgan fingerprint density at radius 2 is 1.56 bits per heavy atom. The summed E-state index contributed by atoms with van der Waals surface area (Å²) in [7, 11) is 0. The Labute approximate surface area is 246 Å². The number of aliphatic hydroxyl groups is 1. The summed E-state index contributed by atoms with van der Waals surface area (Å²) in [6, 6.07) is 21.6. The van der Waals surface area contributed by atoms with E-state index in [0.717, 1.165) is 48.4 Å². The van der Waals surface area contributed by atoms with Crippen molar-refractivity contribution in [2.75, 3.05) is 4.90 Å². The lowest BCUT2D eigenvalue weighted by atomic mass is 9.45. The highest BCUT2D eigenvalue weighted by Crippen LogP contribution is 2.63. The van der Waals surface area contributed by atoms with Crippen molar-refractivity contribution >= 4 is 17.3 Å². The van der Waals surface area contributed by atoms with E-state index in [1.807, 2.05) is 66.7 Å². The number of furan rings is 1. The number of hydrogen-bond donors (Lipinski definition) is 1. The predicted octanol–water partition coefficient (Wildman–Crippen LogP) is 9.27. The lowest BCUT2D eigenvalue weighted by Crippen LogP contribution is -2.65. The van der Waals surface area contributed by atoms with Gasteiger partial charge in [-0.25, -0.2) is 0 Å². The second-order valence-electron chi connectivity index (χ2n) is 14.4. The first-order chi connectivity index (χ1) is 19.6. The standard InChI is InChI=1S/C37H47NO3/c1-25-16-17-28-24-32-26(2)18-21-37(40,36(32,5)20-19-31(25)35(28,3)4)34(39)38(29-12-7-6-8-13-29)30-14-9-11-27(23-30)33-15-10-22-41-33/h6-15,22-23,25-26,28,31-32,40H,16-21,24H2,1-5H3/t25-,26-,28+,31+,32-,36+,37?/m1/s1. The molecule has 0 saturated heterocycles. The molecule has 3 aliphatic rings. The average Bonchev–Trinajstić information content (AvgIpc) is 3.50. The summed E-state index contributed by atoms with van der Waals surface area (Å²) in [6.45, 7) is 12.0. The topological polar surface area (TPSA) is 53.7 Å². The Kier molecular flexibility index (Phi) is 7.21. The van der Waals surface area contributed by atoms with Crippen LogP contribution in [0.1, 0.15) is 79.6 Å². The van der Waals surface area contributed by atoms with E-state index in [9.17, 15) is 5.11 Å². The fraction of sp³-hybridized carbons (Fsp3) is 0.541. The number of hydrogen-bond acceptors (Lipinski definition) is 3. The van der Waals surface area contributed by atoms with Crippen LogP contribution in [0.15, 0.2) is 77.4 Å². The molecular formula is C37H47NO3. The zero-order valence-corrected chi connectivity index (χ0v) is 25.5. The van der Waals surface area contributed by atoms with Crippen LogP contribution in [0.2, 0.25) is 0 Å². The molecule has 0 spiro atoms. The highest BCUT2D eigenvalue weighted by atomic mass is 16.3. The van der Waals surface area contributed by atoms with Crippen LogP contribution in [-0.2, 0) is 4.79 Å². The number of para-hydroxylation sites is 1. The fourth-order valence-corrected chi connectivity index (χ4v) is 9.39. The van der Waals surface area contributed by atoms with Gasteiger partial charge in [0, 0.05) is 22.4 Å². The zero-order chi connectivity index (χ0) is 29.0. The van der Waals surface area contributed by atoms with E-state index in [1.54, 1.807) is 11.2 Å². The molecule has 3 saturated carbocycles. The average molecular weight is 554 g/mol. The van der Waals surface area contributed by atoms with Crippen molar-refractivity contribution in [3.05, 3.63) is 73.0 Å². The number of rotatable bonds is 4. The van der Waals surface area contributed by atoms with Crippen molar-refractivity contribution in [1.29, 1.82) is 0 Å². The van der Waals surface area contributed by atoms with Crippen molar-refractivity contribution in [3.63, 3.8) is 0 Å². The Morgan fingerprint density at radius 3 is 2.29 bits per heavy atom. The Bertz CT molecular complexity index is 1360. The van der Waals surface area contributed by atoms with E-state index < -0.39 is 11.0 Å². The summed E-state index contributed by atoms with van der Waals surface area (Å²) in [5.41, 5.74) is 0.765. The van der Waals surface area contributed by atoms with E-state index in [-0.39, 0.29) is 5.91 Å². The third-order valence-electron chi connectivity index (χ3n) is 12.1. The molecule has 1 amide bonds. The van der Waals surface area contributed by atoms with Gasteiger partial charge in [0.15, 0.2) is 0 Å². The van der Waals surface area contributed by atoms with Gasteiger partial charge < -0.3 is 9.52 Å². The highest BCUT2D eigenvalue weighted by Gasteiger charge is 2.63. The summed E-state index contributed by atoms with van der Waals surface area (Å²) in [4.78, 5) is 16.8. The Hall–Kier alpha value is -2.85. The van der Waals surface area contributed by atoms with Crippen LogP contribution in [0, 0.1) is 40.4 Å². The van der Waals surface area contributed by atoms with Crippen LogP contribution in [0.3, 0.4) is 0 Å². The first-order valence-electron chi connectivity index (χ1n) is 15.8. The summed E-state index contributed by atoms with van der Waals surface area (Å²) in [5.74, 6) is 3.26. The predicted molar refractivity (Wildman–Crippen MR) is 166 cm³/mol. The highest BCUT2D eigenvalue weighted by molar-refractivity contribution is 6.06. The molecule has 0 radical (unpaired) electrons. The second-order valence-corrected chi connectivity index (χ2v) is 14.4. The normalized spacial score (nSPS) is 34.6. The van der Waals surface area contributed by atoms with Gasteiger partial charge in [-0.1, -0.05) is 71.4 Å². The number of fused-ring (bicyclic) bond motifs is 3. The quantitative estimate of drug-likeness (QED) is 0.350. The first kappa shape index (κ1) is 28.3. The van der Waals surface area contributed by atoms with Crippen molar-refractivity contribution in [2.24, 2.45) is 40.4 Å². The summed E-state index contributed by atoms with van der Waals surface area (Å²) in [5, 5.41) is 12.9. The lowest BCUT2D eigenvalue weighted by Gasteiger charge is -2.61. The van der Waals surface area contributed by atoms with E-state index in [0.29, 0.717) is 41.4 Å². The van der Waals surface area contributed by atoms with Crippen LogP contribution in [0.25, 0.3) is 11.3 Å². The van der Waals surface area contributed by atoms with Crippen molar-refractivity contribution < 1.29 is 14.3 Å². The molecule has 1 N–H and O–H groups in total. The minimum absolute atomic E-state index is 0.197. The Balaban J connectivity index is 1.44. The second kappa shape index (κ2) is 10.5. The lowest BCUT2D eigenvalue weighted by molar-refractivity contribution is -0.189. The first-order valence-corrected chi connectivity index (χ1v) is 15.8. The minimum Gasteiger partial charge on any atom is -0.464 e. The number of anilines is 2. The minimum atomic E-state index is -1.46. The van der Waals surface area contributed by atoms with Gasteiger partial charge in [0.25, 0.3) is 5.91 Å². The molecule has 2 bridgehead atoms. The summed E-state index contributed by atoms with van der Waals surface area (Å²) >= 11 is 0. The number of nitrogens with zero attached hydrogens (tertiary/aromatic N) is 1. The molecular weight excluding hydrogens is 506 g/mol. The van der Waals surface area contributed by atoms with Gasteiger partial charge in [0.1, 0.15) is 11.4 Å². The largest absolute Gasteiger partial charge is 0.464 e. The molecule has 0 aliphatic heterocycles. The third-order valence-corrected chi connectivity index (χ3v) is 12.1. The number of carbonyl (C=O) groups excluding carboxylic acids is 1. The zero-order valence-electron chi connectivity index (χ0n) is 25.5. The molecule has 218 valence electrons. The van der Waals surface area contributed by atoms with E-state index in [4.69, 9.17) is 4.42 Å². The maximum Gasteiger partial charge on any atom is 0.264 e.